The van der Waals surface area contributed by atoms with Crippen molar-refractivity contribution in [3.8, 4) is 0 Å². The van der Waals surface area contributed by atoms with Gasteiger partial charge in [-0.15, -0.1) is 0 Å². The van der Waals surface area contributed by atoms with E-state index in [9.17, 15) is 0 Å². The largest absolute Gasteiger partial charge is 0.372 e. The van der Waals surface area contributed by atoms with Crippen LogP contribution in [0.4, 0.5) is 5.82 Å². The lowest BCUT2D eigenvalue weighted by molar-refractivity contribution is 0.181. The molecular weight excluding hydrogens is 236 g/mol. The van der Waals surface area contributed by atoms with Crippen LogP contribution in [0.3, 0.4) is 0 Å². The number of likely N-dealkylation sites (tertiary alicyclic amines) is 1. The molecule has 19 heavy (non-hydrogen) atoms. The smallest absolute Gasteiger partial charge is 0.144 e. The Kier molecular flexibility index (Phi) is 3.97. The first-order valence-electron chi connectivity index (χ1n) is 7.59. The number of nitrogens with zero attached hydrogens (tertiary/aromatic N) is 3. The van der Waals surface area contributed by atoms with Crippen LogP contribution < -0.4 is 5.32 Å². The Morgan fingerprint density at radius 3 is 2.68 bits per heavy atom. The normalized spacial score (nSPS) is 25.0. The predicted octanol–water partition coefficient (Wildman–Crippen LogP) is 2.67. The van der Waals surface area contributed by atoms with Crippen molar-refractivity contribution in [2.45, 2.75) is 51.1 Å². The molecule has 1 aromatic rings. The van der Waals surface area contributed by atoms with Crippen LogP contribution in [-0.4, -0.2) is 34.5 Å². The van der Waals surface area contributed by atoms with E-state index in [2.05, 4.69) is 20.2 Å². The molecule has 0 radical (unpaired) electrons. The van der Waals surface area contributed by atoms with Crippen molar-refractivity contribution in [2.24, 2.45) is 5.92 Å². The maximum Gasteiger partial charge on any atom is 0.144 e. The number of nitrogens with one attached hydrogen (secondary N) is 1. The first-order chi connectivity index (χ1) is 9.36. The van der Waals surface area contributed by atoms with Gasteiger partial charge in [-0.3, -0.25) is 9.88 Å². The van der Waals surface area contributed by atoms with E-state index in [1.54, 1.807) is 0 Å². The molecule has 4 heteroatoms. The van der Waals surface area contributed by atoms with Crippen LogP contribution in [0.5, 0.6) is 0 Å². The van der Waals surface area contributed by atoms with Crippen LogP contribution in [-0.2, 0) is 6.54 Å². The van der Waals surface area contributed by atoms with Gasteiger partial charge in [-0.2, -0.15) is 0 Å². The summed E-state index contributed by atoms with van der Waals surface area (Å²) in [4.78, 5) is 11.5. The molecule has 2 aliphatic rings. The Morgan fingerprint density at radius 2 is 2.00 bits per heavy atom. The highest BCUT2D eigenvalue weighted by Gasteiger charge is 2.33. The first-order valence-corrected chi connectivity index (χ1v) is 7.59. The summed E-state index contributed by atoms with van der Waals surface area (Å²) in [5.41, 5.74) is 1.10. The van der Waals surface area contributed by atoms with E-state index in [0.29, 0.717) is 0 Å². The van der Waals surface area contributed by atoms with Crippen LogP contribution in [0, 0.1) is 5.92 Å². The number of rotatable bonds is 4. The Morgan fingerprint density at radius 1 is 1.16 bits per heavy atom. The molecule has 2 heterocycles. The Balaban J connectivity index is 1.63. The Hall–Kier alpha value is -1.16. The van der Waals surface area contributed by atoms with E-state index in [4.69, 9.17) is 0 Å². The molecule has 1 unspecified atom stereocenters. The predicted molar refractivity (Wildman–Crippen MR) is 77.0 cm³/mol. The quantitative estimate of drug-likeness (QED) is 0.903. The monoisotopic (exact) mass is 260 g/mol. The maximum atomic E-state index is 4.51. The fraction of sp³-hybridized carbons (Fsp3) is 0.733. The van der Waals surface area contributed by atoms with Gasteiger partial charge in [0.2, 0.25) is 0 Å². The minimum atomic E-state index is 0.799. The average molecular weight is 260 g/mol. The van der Waals surface area contributed by atoms with Crippen molar-refractivity contribution in [3.05, 3.63) is 18.1 Å². The zero-order valence-electron chi connectivity index (χ0n) is 11.8. The third kappa shape index (κ3) is 2.89. The highest BCUT2D eigenvalue weighted by molar-refractivity contribution is 5.29. The maximum absolute atomic E-state index is 4.51. The third-order valence-electron chi connectivity index (χ3n) is 4.68. The standard InChI is InChI=1S/C15H24N4/c1-16-15-10-17-13(9-18-15)11-19-8-4-7-14(19)12-5-2-3-6-12/h9-10,12,14H,2-8,11H2,1H3,(H,16,18). The Bertz CT molecular complexity index is 397. The van der Waals surface area contributed by atoms with Crippen molar-refractivity contribution >= 4 is 5.82 Å². The van der Waals surface area contributed by atoms with Gasteiger partial charge in [0.05, 0.1) is 18.1 Å². The van der Waals surface area contributed by atoms with Gasteiger partial charge in [0.15, 0.2) is 0 Å². The SMILES string of the molecule is CNc1cnc(CN2CCCC2C2CCCC2)cn1. The molecule has 1 N–H and O–H groups in total. The van der Waals surface area contributed by atoms with Crippen molar-refractivity contribution in [2.75, 3.05) is 18.9 Å². The Labute approximate surface area is 115 Å². The van der Waals surface area contributed by atoms with Gasteiger partial charge in [0.1, 0.15) is 5.82 Å². The van der Waals surface area contributed by atoms with Crippen molar-refractivity contribution in [1.82, 2.24) is 14.9 Å². The van der Waals surface area contributed by atoms with E-state index < -0.39 is 0 Å². The van der Waals surface area contributed by atoms with Gasteiger partial charge in [-0.25, -0.2) is 4.98 Å². The molecule has 104 valence electrons. The molecule has 2 fully saturated rings. The van der Waals surface area contributed by atoms with Gasteiger partial charge in [0, 0.05) is 19.6 Å². The summed E-state index contributed by atoms with van der Waals surface area (Å²) in [6.07, 6.45) is 12.2. The van der Waals surface area contributed by atoms with E-state index >= 15 is 0 Å². The molecule has 4 nitrogen and oxygen atoms in total. The topological polar surface area (TPSA) is 41.1 Å². The minimum absolute atomic E-state index is 0.799. The van der Waals surface area contributed by atoms with E-state index in [1.165, 1.54) is 45.1 Å². The fourth-order valence-corrected chi connectivity index (χ4v) is 3.70. The molecular formula is C15H24N4. The number of anilines is 1. The average Bonchev–Trinajstić information content (AvgIpc) is 3.10. The van der Waals surface area contributed by atoms with Crippen molar-refractivity contribution in [1.29, 1.82) is 0 Å². The van der Waals surface area contributed by atoms with E-state index in [0.717, 1.165) is 30.0 Å². The molecule has 3 rings (SSSR count). The molecule has 0 bridgehead atoms. The highest BCUT2D eigenvalue weighted by Crippen LogP contribution is 2.35. The lowest BCUT2D eigenvalue weighted by Gasteiger charge is -2.28. The van der Waals surface area contributed by atoms with E-state index in [-0.39, 0.29) is 0 Å². The minimum Gasteiger partial charge on any atom is -0.372 e. The summed E-state index contributed by atoms with van der Waals surface area (Å²) in [5.74, 6) is 1.78. The van der Waals surface area contributed by atoms with Gasteiger partial charge in [0.25, 0.3) is 0 Å². The van der Waals surface area contributed by atoms with Crippen LogP contribution in [0.1, 0.15) is 44.2 Å². The molecule has 1 saturated heterocycles. The van der Waals surface area contributed by atoms with Gasteiger partial charge >= 0.3 is 0 Å². The number of hydrogen-bond acceptors (Lipinski definition) is 4. The summed E-state index contributed by atoms with van der Waals surface area (Å²) < 4.78 is 0. The van der Waals surface area contributed by atoms with Gasteiger partial charge < -0.3 is 5.32 Å². The molecule has 1 aliphatic carbocycles. The van der Waals surface area contributed by atoms with Crippen LogP contribution >= 0.6 is 0 Å². The summed E-state index contributed by atoms with van der Waals surface area (Å²) in [7, 11) is 1.88. The van der Waals surface area contributed by atoms with E-state index in [1.807, 2.05) is 19.4 Å². The van der Waals surface area contributed by atoms with Crippen LogP contribution in [0.2, 0.25) is 0 Å². The van der Waals surface area contributed by atoms with Crippen molar-refractivity contribution < 1.29 is 0 Å². The zero-order valence-corrected chi connectivity index (χ0v) is 11.8. The fourth-order valence-electron chi connectivity index (χ4n) is 3.70. The zero-order chi connectivity index (χ0) is 13.1. The molecule has 1 saturated carbocycles. The molecule has 1 aliphatic heterocycles. The second kappa shape index (κ2) is 5.87. The second-order valence-electron chi connectivity index (χ2n) is 5.87. The lowest BCUT2D eigenvalue weighted by Crippen LogP contribution is -2.34. The molecule has 0 aromatic carbocycles. The summed E-state index contributed by atoms with van der Waals surface area (Å²) in [5, 5.41) is 3.01. The van der Waals surface area contributed by atoms with Gasteiger partial charge in [-0.05, 0) is 38.1 Å². The molecule has 1 aromatic heterocycles. The van der Waals surface area contributed by atoms with Gasteiger partial charge in [-0.1, -0.05) is 12.8 Å². The molecule has 0 spiro atoms. The second-order valence-corrected chi connectivity index (χ2v) is 5.87. The van der Waals surface area contributed by atoms with Crippen LogP contribution in [0.25, 0.3) is 0 Å². The number of hydrogen-bond donors (Lipinski definition) is 1. The van der Waals surface area contributed by atoms with Crippen molar-refractivity contribution in [3.63, 3.8) is 0 Å². The molecule has 1 atom stereocenters. The molecule has 0 amide bonds. The third-order valence-corrected chi connectivity index (χ3v) is 4.68. The highest BCUT2D eigenvalue weighted by atomic mass is 15.2. The number of aromatic nitrogens is 2. The summed E-state index contributed by atoms with van der Waals surface area (Å²) in [6.45, 7) is 2.20. The summed E-state index contributed by atoms with van der Waals surface area (Å²) >= 11 is 0. The summed E-state index contributed by atoms with van der Waals surface area (Å²) in [6, 6.07) is 0.799. The first kappa shape index (κ1) is 12.9. The van der Waals surface area contributed by atoms with Crippen LogP contribution in [0.15, 0.2) is 12.4 Å². The lowest BCUT2D eigenvalue weighted by atomic mass is 9.96.